The number of hydrogen-bond acceptors (Lipinski definition) is 6. The van der Waals surface area contributed by atoms with Gasteiger partial charge in [0, 0.05) is 32.9 Å². The van der Waals surface area contributed by atoms with Gasteiger partial charge < -0.3 is 19.5 Å². The Bertz CT molecular complexity index is 929. The van der Waals surface area contributed by atoms with Gasteiger partial charge in [0.05, 0.1) is 18.1 Å². The van der Waals surface area contributed by atoms with Crippen LogP contribution in [0.2, 0.25) is 0 Å². The van der Waals surface area contributed by atoms with Crippen LogP contribution in [0.3, 0.4) is 0 Å². The second-order valence-electron chi connectivity index (χ2n) is 6.54. The topological polar surface area (TPSA) is 103 Å². The van der Waals surface area contributed by atoms with Gasteiger partial charge in [0.15, 0.2) is 0 Å². The summed E-state index contributed by atoms with van der Waals surface area (Å²) >= 11 is 0. The first kappa shape index (κ1) is 23.8. The molecule has 0 radical (unpaired) electrons. The zero-order valence-corrected chi connectivity index (χ0v) is 18.3. The van der Waals surface area contributed by atoms with Crippen molar-refractivity contribution < 1.29 is 27.4 Å². The largest absolute Gasteiger partial charge is 0.491 e. The highest BCUT2D eigenvalue weighted by atomic mass is 32.2. The Hall–Kier alpha value is -2.46. The first-order valence-electron chi connectivity index (χ1n) is 9.45. The summed E-state index contributed by atoms with van der Waals surface area (Å²) in [6, 6.07) is 11.8. The fourth-order valence-electron chi connectivity index (χ4n) is 2.60. The Morgan fingerprint density at radius 3 is 2.33 bits per heavy atom. The second-order valence-corrected chi connectivity index (χ2v) is 8.30. The van der Waals surface area contributed by atoms with E-state index in [1.807, 2.05) is 24.3 Å². The van der Waals surface area contributed by atoms with E-state index in [-0.39, 0.29) is 24.0 Å². The monoisotopic (exact) mass is 436 g/mol. The number of hydrogen-bond donors (Lipinski definition) is 2. The number of benzene rings is 2. The summed E-state index contributed by atoms with van der Waals surface area (Å²) in [5.41, 5.74) is 1.89. The molecule has 8 nitrogen and oxygen atoms in total. The number of sulfonamides is 1. The third-order valence-electron chi connectivity index (χ3n) is 4.29. The minimum atomic E-state index is -3.72. The summed E-state index contributed by atoms with van der Waals surface area (Å²) < 4.78 is 42.5. The molecule has 0 unspecified atom stereocenters. The number of aryl methyl sites for hydroxylation is 1. The standard InChI is InChI=1S/C21H28N2O6S/c1-16-4-9-19(30(25,26)23-10-11-27-2)14-20(16)21(24)22-15-17-5-7-18(8-6-17)29-13-12-28-3/h4-9,14,23H,10-13,15H2,1-3H3,(H,22,24). The predicted molar refractivity (Wildman–Crippen MR) is 113 cm³/mol. The molecule has 2 aromatic rings. The van der Waals surface area contributed by atoms with Gasteiger partial charge in [0.25, 0.3) is 5.91 Å². The molecule has 1 amide bonds. The number of ether oxygens (including phenoxy) is 3. The minimum absolute atomic E-state index is 0.0342. The van der Waals surface area contributed by atoms with Gasteiger partial charge in [0.1, 0.15) is 12.4 Å². The summed E-state index contributed by atoms with van der Waals surface area (Å²) in [5.74, 6) is 0.374. The van der Waals surface area contributed by atoms with E-state index in [1.54, 1.807) is 20.1 Å². The molecule has 0 aliphatic heterocycles. The van der Waals surface area contributed by atoms with Crippen LogP contribution in [0.25, 0.3) is 0 Å². The normalized spacial score (nSPS) is 11.3. The Kier molecular flexibility index (Phi) is 9.25. The van der Waals surface area contributed by atoms with E-state index in [4.69, 9.17) is 14.2 Å². The number of rotatable bonds is 12. The van der Waals surface area contributed by atoms with E-state index in [1.165, 1.54) is 19.2 Å². The van der Waals surface area contributed by atoms with E-state index < -0.39 is 10.0 Å². The van der Waals surface area contributed by atoms with Crippen LogP contribution in [-0.2, 0) is 26.0 Å². The molecule has 0 spiro atoms. The van der Waals surface area contributed by atoms with Gasteiger partial charge >= 0.3 is 0 Å². The molecule has 0 atom stereocenters. The third-order valence-corrected chi connectivity index (χ3v) is 5.75. The quantitative estimate of drug-likeness (QED) is 0.493. The molecule has 30 heavy (non-hydrogen) atoms. The van der Waals surface area contributed by atoms with Gasteiger partial charge in [-0.15, -0.1) is 0 Å². The van der Waals surface area contributed by atoms with Gasteiger partial charge in [-0.3, -0.25) is 4.79 Å². The molecular formula is C21H28N2O6S. The molecule has 164 valence electrons. The summed E-state index contributed by atoms with van der Waals surface area (Å²) in [4.78, 5) is 12.7. The molecule has 9 heteroatoms. The molecule has 0 saturated carbocycles. The van der Waals surface area contributed by atoms with Crippen molar-refractivity contribution in [2.24, 2.45) is 0 Å². The van der Waals surface area contributed by atoms with Gasteiger partial charge in [-0.05, 0) is 42.3 Å². The summed E-state index contributed by atoms with van der Waals surface area (Å²) in [6.45, 7) is 3.45. The maximum Gasteiger partial charge on any atom is 0.251 e. The fourth-order valence-corrected chi connectivity index (χ4v) is 3.64. The van der Waals surface area contributed by atoms with E-state index >= 15 is 0 Å². The lowest BCUT2D eigenvalue weighted by molar-refractivity contribution is 0.0950. The van der Waals surface area contributed by atoms with Crippen LogP contribution < -0.4 is 14.8 Å². The number of methoxy groups -OCH3 is 2. The minimum Gasteiger partial charge on any atom is -0.491 e. The first-order chi connectivity index (χ1) is 14.4. The second kappa shape index (κ2) is 11.7. The number of carbonyl (C=O) groups excluding carboxylic acids is 1. The summed E-state index contributed by atoms with van der Waals surface area (Å²) in [7, 11) is -0.618. The lowest BCUT2D eigenvalue weighted by Crippen LogP contribution is -2.28. The molecule has 2 N–H and O–H groups in total. The lowest BCUT2D eigenvalue weighted by atomic mass is 10.1. The number of nitrogens with one attached hydrogen (secondary N) is 2. The zero-order valence-electron chi connectivity index (χ0n) is 17.4. The van der Waals surface area contributed by atoms with Crippen molar-refractivity contribution in [2.45, 2.75) is 18.4 Å². The molecule has 0 saturated heterocycles. The number of carbonyl (C=O) groups is 1. The highest BCUT2D eigenvalue weighted by Crippen LogP contribution is 2.16. The average Bonchev–Trinajstić information content (AvgIpc) is 2.73. The van der Waals surface area contributed by atoms with Crippen molar-refractivity contribution in [3.05, 3.63) is 59.2 Å². The third kappa shape index (κ3) is 7.10. The van der Waals surface area contributed by atoms with Crippen molar-refractivity contribution >= 4 is 15.9 Å². The summed E-state index contributed by atoms with van der Waals surface area (Å²) in [5, 5.41) is 2.82. The van der Waals surface area contributed by atoms with E-state index in [2.05, 4.69) is 10.0 Å². The molecule has 0 bridgehead atoms. The van der Waals surface area contributed by atoms with Crippen molar-refractivity contribution in [3.63, 3.8) is 0 Å². The first-order valence-corrected chi connectivity index (χ1v) is 10.9. The Morgan fingerprint density at radius 2 is 1.67 bits per heavy atom. The van der Waals surface area contributed by atoms with Crippen molar-refractivity contribution in [2.75, 3.05) is 40.6 Å². The van der Waals surface area contributed by atoms with Crippen LogP contribution in [0.15, 0.2) is 47.4 Å². The van der Waals surface area contributed by atoms with E-state index in [0.717, 1.165) is 11.3 Å². The summed E-state index contributed by atoms with van der Waals surface area (Å²) in [6.07, 6.45) is 0. The van der Waals surface area contributed by atoms with Crippen molar-refractivity contribution in [1.29, 1.82) is 0 Å². The average molecular weight is 437 g/mol. The fraction of sp³-hybridized carbons (Fsp3) is 0.381. The zero-order chi connectivity index (χ0) is 22.0. The van der Waals surface area contributed by atoms with Crippen LogP contribution >= 0.6 is 0 Å². The molecule has 2 rings (SSSR count). The van der Waals surface area contributed by atoms with Gasteiger partial charge in [-0.2, -0.15) is 0 Å². The van der Waals surface area contributed by atoms with Crippen LogP contribution in [-0.4, -0.2) is 54.9 Å². The Morgan fingerprint density at radius 1 is 0.967 bits per heavy atom. The van der Waals surface area contributed by atoms with E-state index in [0.29, 0.717) is 30.9 Å². The SMILES string of the molecule is COCCNS(=O)(=O)c1ccc(C)c(C(=O)NCc2ccc(OCCOC)cc2)c1. The van der Waals surface area contributed by atoms with Crippen LogP contribution in [0.5, 0.6) is 5.75 Å². The van der Waals surface area contributed by atoms with Crippen molar-refractivity contribution in [1.82, 2.24) is 10.0 Å². The Labute approximate surface area is 177 Å². The van der Waals surface area contributed by atoms with Crippen LogP contribution in [0, 0.1) is 6.92 Å². The van der Waals surface area contributed by atoms with Crippen LogP contribution in [0.1, 0.15) is 21.5 Å². The highest BCUT2D eigenvalue weighted by Gasteiger charge is 2.17. The molecule has 0 fully saturated rings. The maximum absolute atomic E-state index is 12.6. The molecule has 2 aromatic carbocycles. The van der Waals surface area contributed by atoms with E-state index in [9.17, 15) is 13.2 Å². The number of amides is 1. The Balaban J connectivity index is 2.01. The van der Waals surface area contributed by atoms with Gasteiger partial charge in [0.2, 0.25) is 10.0 Å². The smallest absolute Gasteiger partial charge is 0.251 e. The molecule has 0 aliphatic carbocycles. The van der Waals surface area contributed by atoms with Crippen LogP contribution in [0.4, 0.5) is 0 Å². The molecule has 0 aliphatic rings. The van der Waals surface area contributed by atoms with Gasteiger partial charge in [-0.1, -0.05) is 18.2 Å². The molecule has 0 heterocycles. The highest BCUT2D eigenvalue weighted by molar-refractivity contribution is 7.89. The van der Waals surface area contributed by atoms with Crippen molar-refractivity contribution in [3.8, 4) is 5.75 Å². The molecule has 0 aromatic heterocycles. The molecular weight excluding hydrogens is 408 g/mol. The predicted octanol–water partition coefficient (Wildman–Crippen LogP) is 1.87. The van der Waals surface area contributed by atoms with Gasteiger partial charge in [-0.25, -0.2) is 13.1 Å². The lowest BCUT2D eigenvalue weighted by Gasteiger charge is -2.12. The maximum atomic E-state index is 12.6.